The van der Waals surface area contributed by atoms with Gasteiger partial charge in [-0.05, 0) is 32.6 Å². The van der Waals surface area contributed by atoms with E-state index in [1.807, 2.05) is 32.2 Å². The van der Waals surface area contributed by atoms with Gasteiger partial charge in [0, 0.05) is 18.7 Å². The van der Waals surface area contributed by atoms with Gasteiger partial charge in [-0.25, -0.2) is 0 Å². The Labute approximate surface area is 121 Å². The maximum Gasteiger partial charge on any atom is 0.252 e. The lowest BCUT2D eigenvalue weighted by Crippen LogP contribution is -2.33. The normalized spacial score (nSPS) is 10.1. The van der Waals surface area contributed by atoms with E-state index in [0.29, 0.717) is 12.1 Å². The molecule has 0 atom stereocenters. The number of aryl methyl sites for hydroxylation is 1. The van der Waals surface area contributed by atoms with Crippen LogP contribution in [0.2, 0.25) is 0 Å². The molecule has 0 spiro atoms. The molecule has 0 aromatic heterocycles. The number of nitrogens with one attached hydrogen (secondary N) is 1. The van der Waals surface area contributed by atoms with E-state index in [-0.39, 0.29) is 12.5 Å². The largest absolute Gasteiger partial charge is 0.351 e. The highest BCUT2D eigenvalue weighted by molar-refractivity contribution is 5.96. The standard InChI is InChI=1S/C16H23N3O/c1-4-19(3)11-10-18-16(20)15-12-13(2)7-8-14(15)6-5-9-17/h7-8,12H,4,9-11,17H2,1-3H3,(H,18,20). The van der Waals surface area contributed by atoms with Gasteiger partial charge in [0.05, 0.1) is 12.1 Å². The molecule has 0 bridgehead atoms. The van der Waals surface area contributed by atoms with Gasteiger partial charge in [0.15, 0.2) is 0 Å². The number of carbonyl (C=O) groups excluding carboxylic acids is 1. The van der Waals surface area contributed by atoms with Gasteiger partial charge in [0.2, 0.25) is 0 Å². The molecule has 0 aliphatic rings. The number of rotatable bonds is 5. The van der Waals surface area contributed by atoms with E-state index in [1.54, 1.807) is 0 Å². The van der Waals surface area contributed by atoms with Crippen molar-refractivity contribution in [2.45, 2.75) is 13.8 Å². The number of amides is 1. The summed E-state index contributed by atoms with van der Waals surface area (Å²) in [6.45, 7) is 6.76. The number of nitrogens with two attached hydrogens (primary N) is 1. The summed E-state index contributed by atoms with van der Waals surface area (Å²) < 4.78 is 0. The Bertz CT molecular complexity index is 514. The van der Waals surface area contributed by atoms with Crippen molar-refractivity contribution in [2.75, 3.05) is 33.2 Å². The van der Waals surface area contributed by atoms with Crippen molar-refractivity contribution in [1.82, 2.24) is 10.2 Å². The van der Waals surface area contributed by atoms with E-state index in [9.17, 15) is 4.79 Å². The number of benzene rings is 1. The second-order valence-electron chi connectivity index (χ2n) is 4.71. The highest BCUT2D eigenvalue weighted by atomic mass is 16.1. The first kappa shape index (κ1) is 16.2. The number of carbonyl (C=O) groups is 1. The lowest BCUT2D eigenvalue weighted by atomic mass is 10.0. The molecule has 4 nitrogen and oxygen atoms in total. The van der Waals surface area contributed by atoms with Crippen LogP contribution in [0.25, 0.3) is 0 Å². The van der Waals surface area contributed by atoms with Crippen LogP contribution in [0.15, 0.2) is 18.2 Å². The third-order valence-electron chi connectivity index (χ3n) is 3.06. The highest BCUT2D eigenvalue weighted by Gasteiger charge is 2.10. The molecule has 1 rings (SSSR count). The van der Waals surface area contributed by atoms with Crippen molar-refractivity contribution >= 4 is 5.91 Å². The van der Waals surface area contributed by atoms with Gasteiger partial charge in [0.1, 0.15) is 0 Å². The molecule has 0 fully saturated rings. The number of nitrogens with zero attached hydrogens (tertiary/aromatic N) is 1. The molecule has 108 valence electrons. The first-order chi connectivity index (χ1) is 9.58. The van der Waals surface area contributed by atoms with Crippen molar-refractivity contribution < 1.29 is 4.79 Å². The molecule has 1 aromatic carbocycles. The summed E-state index contributed by atoms with van der Waals surface area (Å²) in [4.78, 5) is 14.4. The minimum absolute atomic E-state index is 0.0838. The Hall–Kier alpha value is -1.83. The molecular formula is C16H23N3O. The molecule has 0 saturated heterocycles. The van der Waals surface area contributed by atoms with Crippen molar-refractivity contribution in [3.8, 4) is 11.8 Å². The zero-order valence-corrected chi connectivity index (χ0v) is 12.5. The molecular weight excluding hydrogens is 250 g/mol. The first-order valence-corrected chi connectivity index (χ1v) is 6.84. The highest BCUT2D eigenvalue weighted by Crippen LogP contribution is 2.10. The minimum atomic E-state index is -0.0838. The van der Waals surface area contributed by atoms with Gasteiger partial charge in [-0.3, -0.25) is 4.79 Å². The third-order valence-corrected chi connectivity index (χ3v) is 3.06. The average Bonchev–Trinajstić information content (AvgIpc) is 2.45. The third kappa shape index (κ3) is 5.04. The van der Waals surface area contributed by atoms with Crippen LogP contribution in [-0.2, 0) is 0 Å². The Morgan fingerprint density at radius 1 is 1.45 bits per heavy atom. The first-order valence-electron chi connectivity index (χ1n) is 6.84. The summed E-state index contributed by atoms with van der Waals surface area (Å²) in [5.41, 5.74) is 7.76. The predicted molar refractivity (Wildman–Crippen MR) is 82.6 cm³/mol. The van der Waals surface area contributed by atoms with Crippen LogP contribution in [0.3, 0.4) is 0 Å². The van der Waals surface area contributed by atoms with Gasteiger partial charge in [-0.1, -0.05) is 30.4 Å². The van der Waals surface area contributed by atoms with Crippen LogP contribution >= 0.6 is 0 Å². The molecule has 1 aromatic rings. The van der Waals surface area contributed by atoms with Crippen molar-refractivity contribution in [3.05, 3.63) is 34.9 Å². The lowest BCUT2D eigenvalue weighted by molar-refractivity contribution is 0.0950. The van der Waals surface area contributed by atoms with Crippen molar-refractivity contribution in [3.63, 3.8) is 0 Å². The maximum absolute atomic E-state index is 12.2. The molecule has 0 radical (unpaired) electrons. The Morgan fingerprint density at radius 2 is 2.20 bits per heavy atom. The topological polar surface area (TPSA) is 58.4 Å². The summed E-state index contributed by atoms with van der Waals surface area (Å²) in [5, 5.41) is 2.93. The van der Waals surface area contributed by atoms with Crippen LogP contribution in [0.5, 0.6) is 0 Å². The summed E-state index contributed by atoms with van der Waals surface area (Å²) >= 11 is 0. The van der Waals surface area contributed by atoms with Crippen LogP contribution in [0.4, 0.5) is 0 Å². The van der Waals surface area contributed by atoms with Crippen molar-refractivity contribution in [2.24, 2.45) is 5.73 Å². The molecule has 0 saturated carbocycles. The van der Waals surface area contributed by atoms with E-state index in [4.69, 9.17) is 5.73 Å². The molecule has 0 aliphatic heterocycles. The Kier molecular flexibility index (Phi) is 6.78. The number of hydrogen-bond acceptors (Lipinski definition) is 3. The molecule has 4 heteroatoms. The second kappa shape index (κ2) is 8.36. The van der Waals surface area contributed by atoms with Gasteiger partial charge in [-0.15, -0.1) is 0 Å². The summed E-state index contributed by atoms with van der Waals surface area (Å²) in [6, 6.07) is 5.67. The van der Waals surface area contributed by atoms with E-state index < -0.39 is 0 Å². The minimum Gasteiger partial charge on any atom is -0.351 e. The number of hydrogen-bond donors (Lipinski definition) is 2. The van der Waals surface area contributed by atoms with E-state index >= 15 is 0 Å². The van der Waals surface area contributed by atoms with Gasteiger partial charge < -0.3 is 16.0 Å². The Morgan fingerprint density at radius 3 is 2.85 bits per heavy atom. The lowest BCUT2D eigenvalue weighted by Gasteiger charge is -2.14. The fourth-order valence-electron chi connectivity index (χ4n) is 1.71. The van der Waals surface area contributed by atoms with E-state index in [1.165, 1.54) is 0 Å². The molecule has 0 heterocycles. The molecule has 0 unspecified atom stereocenters. The quantitative estimate of drug-likeness (QED) is 0.787. The van der Waals surface area contributed by atoms with Gasteiger partial charge >= 0.3 is 0 Å². The van der Waals surface area contributed by atoms with Crippen molar-refractivity contribution in [1.29, 1.82) is 0 Å². The fourth-order valence-corrected chi connectivity index (χ4v) is 1.71. The molecule has 3 N–H and O–H groups in total. The summed E-state index contributed by atoms with van der Waals surface area (Å²) in [7, 11) is 2.02. The maximum atomic E-state index is 12.2. The molecule has 1 amide bonds. The zero-order chi connectivity index (χ0) is 15.0. The van der Waals surface area contributed by atoms with Gasteiger partial charge in [-0.2, -0.15) is 0 Å². The van der Waals surface area contributed by atoms with E-state index in [0.717, 1.165) is 24.2 Å². The predicted octanol–water partition coefficient (Wildman–Crippen LogP) is 0.987. The smallest absolute Gasteiger partial charge is 0.252 e. The molecule has 20 heavy (non-hydrogen) atoms. The number of likely N-dealkylation sites (N-methyl/N-ethyl adjacent to an activating group) is 1. The summed E-state index contributed by atoms with van der Waals surface area (Å²) in [6.07, 6.45) is 0. The SMILES string of the molecule is CCN(C)CCNC(=O)c1cc(C)ccc1C#CCN. The molecule has 0 aliphatic carbocycles. The average molecular weight is 273 g/mol. The van der Waals surface area contributed by atoms with Gasteiger partial charge in [0.25, 0.3) is 5.91 Å². The van der Waals surface area contributed by atoms with Crippen LogP contribution in [0.1, 0.15) is 28.4 Å². The zero-order valence-electron chi connectivity index (χ0n) is 12.5. The van der Waals surface area contributed by atoms with E-state index in [2.05, 4.69) is 29.0 Å². The van der Waals surface area contributed by atoms with Crippen LogP contribution < -0.4 is 11.1 Å². The fraction of sp³-hybridized carbons (Fsp3) is 0.438. The van der Waals surface area contributed by atoms with Crippen LogP contribution in [0, 0.1) is 18.8 Å². The second-order valence-corrected chi connectivity index (χ2v) is 4.71. The summed E-state index contributed by atoms with van der Waals surface area (Å²) in [5.74, 6) is 5.65. The monoisotopic (exact) mass is 273 g/mol. The van der Waals surface area contributed by atoms with Crippen LogP contribution in [-0.4, -0.2) is 44.0 Å². The Balaban J connectivity index is 2.78.